The van der Waals surface area contributed by atoms with E-state index in [2.05, 4.69) is 107 Å². The number of hydrogen-bond acceptors (Lipinski definition) is 12. The molecule has 0 saturated carbocycles. The number of ether oxygens (including phenoxy) is 6. The topological polar surface area (TPSA) is 158 Å². The summed E-state index contributed by atoms with van der Waals surface area (Å²) in [7, 11) is 0. The first kappa shape index (κ1) is 106. The zero-order chi connectivity index (χ0) is 78.7. The molecule has 0 aromatic carbocycles. The zero-order valence-electron chi connectivity index (χ0n) is 70.8. The summed E-state index contributed by atoms with van der Waals surface area (Å²) in [4.78, 5) is 75.1. The highest BCUT2D eigenvalue weighted by molar-refractivity contribution is 5.72. The summed E-state index contributed by atoms with van der Waals surface area (Å²) in [6, 6.07) is 0. The van der Waals surface area contributed by atoms with Crippen LogP contribution in [-0.2, 0) is 57.2 Å². The standard InChI is InChI=1S/C57H104O6.C36H62O6.C2H4/c1-4-7-10-13-16-19-22-25-28-31-34-37-40-43-46-49-55(58)61-52-54(63-57(60)51-48-45-42-39-36-33-30-27-24-21-18-15-12-9-6-3)53-62-56(59)50-47-44-41-38-35-32-29-26-23-20-17-14-11-8-5-2;1-4-7-10-13-16-19-22-25-28-34(37)40-31-33(42-36(39)30-27-24-21-18-15-12-9-6-3)32-41-35(38)29-26-23-20-17-14-11-8-5-2;1-2/h25-30,54H,4-24,31-53H2,1-3H3;4-9,33H,10-32H2,1-3H3;1-2H2/b28-25-,29-26-,30-27-;;. The molecular weight excluding hydrogens is 1330 g/mol. The Bertz CT molecular complexity index is 2010. The van der Waals surface area contributed by atoms with Crippen LogP contribution in [0.1, 0.15) is 446 Å². The Morgan fingerprint density at radius 3 is 0.542 bits per heavy atom. The summed E-state index contributed by atoms with van der Waals surface area (Å²) in [6.45, 7) is 18.6. The molecular formula is C95H170O12. The molecule has 0 heterocycles. The van der Waals surface area contributed by atoms with Crippen molar-refractivity contribution < 1.29 is 57.2 Å². The highest BCUT2D eigenvalue weighted by atomic mass is 16.6. The van der Waals surface area contributed by atoms with E-state index in [1.54, 1.807) is 0 Å². The lowest BCUT2D eigenvalue weighted by molar-refractivity contribution is -0.167. The van der Waals surface area contributed by atoms with Crippen LogP contribution in [0.2, 0.25) is 0 Å². The SMILES string of the molecule is C=C.CC=CCCCCCCCC(=O)OCC(COC(=O)CCCCCCCC=CC)OC(=O)CCCCCCCC=CC.CCCCCCCC/C=C\CCCCCCCC(=O)OCC(COC(=O)CCCCCCC/C=C\CCCCCCCC)OC(=O)CCCCCCC/C=C\CCCCCCCC. The second kappa shape index (κ2) is 93.4. The lowest BCUT2D eigenvalue weighted by atomic mass is 10.1. The fourth-order valence-electron chi connectivity index (χ4n) is 12.5. The average Bonchev–Trinajstić information content (AvgIpc) is 0.986. The Morgan fingerprint density at radius 2 is 0.364 bits per heavy atom. The molecule has 0 rings (SSSR count). The van der Waals surface area contributed by atoms with Gasteiger partial charge in [-0.15, -0.1) is 13.2 Å². The van der Waals surface area contributed by atoms with Crippen LogP contribution < -0.4 is 0 Å². The second-order valence-corrected chi connectivity index (χ2v) is 29.6. The van der Waals surface area contributed by atoms with E-state index in [0.29, 0.717) is 38.5 Å². The molecule has 107 heavy (non-hydrogen) atoms. The largest absolute Gasteiger partial charge is 0.462 e. The molecule has 0 aliphatic heterocycles. The summed E-state index contributed by atoms with van der Waals surface area (Å²) < 4.78 is 33.2. The minimum Gasteiger partial charge on any atom is -0.462 e. The highest BCUT2D eigenvalue weighted by Crippen LogP contribution is 2.18. The predicted octanol–water partition coefficient (Wildman–Crippen LogP) is 28.8. The van der Waals surface area contributed by atoms with E-state index in [1.807, 2.05) is 20.8 Å². The molecule has 0 fully saturated rings. The summed E-state index contributed by atoms with van der Waals surface area (Å²) >= 11 is 0. The van der Waals surface area contributed by atoms with Crippen LogP contribution in [0.25, 0.3) is 0 Å². The average molecular weight is 1500 g/mol. The normalized spacial score (nSPS) is 11.8. The molecule has 0 atom stereocenters. The Hall–Kier alpha value is -5.00. The number of esters is 6. The summed E-state index contributed by atoms with van der Waals surface area (Å²) in [5.41, 5.74) is 0. The maximum atomic E-state index is 12.8. The van der Waals surface area contributed by atoms with Crippen LogP contribution in [0.3, 0.4) is 0 Å². The van der Waals surface area contributed by atoms with Crippen molar-refractivity contribution in [2.75, 3.05) is 26.4 Å². The smallest absolute Gasteiger partial charge is 0.306 e. The Labute approximate surface area is 660 Å². The van der Waals surface area contributed by atoms with E-state index in [0.717, 1.165) is 173 Å². The first-order chi connectivity index (χ1) is 52.6. The van der Waals surface area contributed by atoms with Crippen molar-refractivity contribution >= 4 is 35.8 Å². The molecule has 0 aliphatic rings. The molecule has 0 saturated heterocycles. The van der Waals surface area contributed by atoms with Crippen molar-refractivity contribution in [2.24, 2.45) is 0 Å². The number of unbranched alkanes of at least 4 members (excludes halogenated alkanes) is 48. The molecule has 0 aromatic heterocycles. The van der Waals surface area contributed by atoms with E-state index >= 15 is 0 Å². The molecule has 0 aliphatic carbocycles. The van der Waals surface area contributed by atoms with E-state index in [9.17, 15) is 28.8 Å². The van der Waals surface area contributed by atoms with Crippen LogP contribution in [0.5, 0.6) is 0 Å². The van der Waals surface area contributed by atoms with Crippen LogP contribution in [0.15, 0.2) is 86.1 Å². The van der Waals surface area contributed by atoms with Gasteiger partial charge in [-0.2, -0.15) is 0 Å². The number of rotatable bonds is 79. The molecule has 12 heteroatoms. The van der Waals surface area contributed by atoms with Crippen molar-refractivity contribution in [1.82, 2.24) is 0 Å². The minimum atomic E-state index is -0.781. The van der Waals surface area contributed by atoms with Gasteiger partial charge in [0.15, 0.2) is 12.2 Å². The van der Waals surface area contributed by atoms with Crippen molar-refractivity contribution in [2.45, 2.75) is 458 Å². The van der Waals surface area contributed by atoms with Gasteiger partial charge in [-0.05, 0) is 175 Å². The van der Waals surface area contributed by atoms with Crippen LogP contribution in [-0.4, -0.2) is 74.5 Å². The highest BCUT2D eigenvalue weighted by Gasteiger charge is 2.21. The number of hydrogen-bond donors (Lipinski definition) is 0. The summed E-state index contributed by atoms with van der Waals surface area (Å²) in [5.74, 6) is -1.83. The lowest BCUT2D eigenvalue weighted by Crippen LogP contribution is -2.30. The minimum absolute atomic E-state index is 0.0806. The van der Waals surface area contributed by atoms with Gasteiger partial charge in [0, 0.05) is 38.5 Å². The molecule has 0 amide bonds. The van der Waals surface area contributed by atoms with E-state index in [-0.39, 0.29) is 62.2 Å². The third-order valence-electron chi connectivity index (χ3n) is 19.2. The maximum absolute atomic E-state index is 12.8. The number of carbonyl (C=O) groups excluding carboxylic acids is 6. The zero-order valence-corrected chi connectivity index (χ0v) is 70.8. The van der Waals surface area contributed by atoms with Gasteiger partial charge < -0.3 is 28.4 Å². The van der Waals surface area contributed by atoms with E-state index in [4.69, 9.17) is 28.4 Å². The molecule has 0 aromatic rings. The lowest BCUT2D eigenvalue weighted by Gasteiger charge is -2.18. The van der Waals surface area contributed by atoms with Gasteiger partial charge in [-0.25, -0.2) is 0 Å². The fraction of sp³-hybridized carbons (Fsp3) is 0.789. The molecule has 0 bridgehead atoms. The first-order valence-electron chi connectivity index (χ1n) is 44.9. The van der Waals surface area contributed by atoms with E-state index < -0.39 is 12.2 Å². The predicted molar refractivity (Wildman–Crippen MR) is 455 cm³/mol. The number of allylic oxidation sites excluding steroid dienone is 12. The van der Waals surface area contributed by atoms with Crippen LogP contribution in [0, 0.1) is 0 Å². The van der Waals surface area contributed by atoms with Gasteiger partial charge in [0.1, 0.15) is 26.4 Å². The third kappa shape index (κ3) is 91.5. The van der Waals surface area contributed by atoms with Gasteiger partial charge in [-0.1, -0.05) is 306 Å². The van der Waals surface area contributed by atoms with E-state index in [1.165, 1.54) is 193 Å². The summed E-state index contributed by atoms with van der Waals surface area (Å²) in [5, 5.41) is 0. The van der Waals surface area contributed by atoms with Gasteiger partial charge in [0.25, 0.3) is 0 Å². The van der Waals surface area contributed by atoms with Crippen molar-refractivity contribution in [3.05, 3.63) is 86.1 Å². The van der Waals surface area contributed by atoms with Gasteiger partial charge >= 0.3 is 35.8 Å². The molecule has 0 N–H and O–H groups in total. The first-order valence-corrected chi connectivity index (χ1v) is 44.9. The molecule has 0 radical (unpaired) electrons. The van der Waals surface area contributed by atoms with Gasteiger partial charge in [-0.3, -0.25) is 28.8 Å². The third-order valence-corrected chi connectivity index (χ3v) is 19.2. The van der Waals surface area contributed by atoms with Gasteiger partial charge in [0.2, 0.25) is 0 Å². The van der Waals surface area contributed by atoms with Gasteiger partial charge in [0.05, 0.1) is 0 Å². The fourth-order valence-corrected chi connectivity index (χ4v) is 12.5. The maximum Gasteiger partial charge on any atom is 0.306 e. The van der Waals surface area contributed by atoms with Crippen molar-refractivity contribution in [3.63, 3.8) is 0 Å². The van der Waals surface area contributed by atoms with Crippen molar-refractivity contribution in [1.29, 1.82) is 0 Å². The molecule has 0 spiro atoms. The Balaban J connectivity index is -0.00000213. The second-order valence-electron chi connectivity index (χ2n) is 29.6. The monoisotopic (exact) mass is 1500 g/mol. The molecule has 12 nitrogen and oxygen atoms in total. The molecule has 622 valence electrons. The molecule has 0 unspecified atom stereocenters. The van der Waals surface area contributed by atoms with Crippen molar-refractivity contribution in [3.8, 4) is 0 Å². The van der Waals surface area contributed by atoms with Crippen LogP contribution >= 0.6 is 0 Å². The Kier molecular flexibility index (Phi) is 92.6. The quantitative estimate of drug-likeness (QED) is 0.0246. The summed E-state index contributed by atoms with van der Waals surface area (Å²) in [6.07, 6.45) is 93.1. The Morgan fingerprint density at radius 1 is 0.215 bits per heavy atom. The van der Waals surface area contributed by atoms with Crippen LogP contribution in [0.4, 0.5) is 0 Å². The number of carbonyl (C=O) groups is 6.